The first kappa shape index (κ1) is 13.8. The molecule has 0 spiro atoms. The Morgan fingerprint density at radius 2 is 2.07 bits per heavy atom. The zero-order valence-electron chi connectivity index (χ0n) is 8.79. The van der Waals surface area contributed by atoms with Gasteiger partial charge >= 0.3 is 7.67 Å². The van der Waals surface area contributed by atoms with Crippen molar-refractivity contribution >= 4 is 30.9 Å². The van der Waals surface area contributed by atoms with Gasteiger partial charge in [-0.15, -0.1) is 23.2 Å². The summed E-state index contributed by atoms with van der Waals surface area (Å²) < 4.78 is 19.4. The van der Waals surface area contributed by atoms with E-state index in [9.17, 15) is 4.57 Å². The molecule has 2 atom stereocenters. The summed E-state index contributed by atoms with van der Waals surface area (Å²) in [4.78, 5) is 0. The van der Waals surface area contributed by atoms with Gasteiger partial charge in [0.1, 0.15) is 0 Å². The van der Waals surface area contributed by atoms with E-state index in [1.807, 2.05) is 6.92 Å². The lowest BCUT2D eigenvalue weighted by atomic mass is 10.2. The molecule has 0 radical (unpaired) electrons. The smallest absolute Gasteiger partial charge is 0.306 e. The first-order chi connectivity index (χ1) is 7.12. The summed E-state index contributed by atoms with van der Waals surface area (Å²) in [6, 6.07) is 0. The van der Waals surface area contributed by atoms with Crippen LogP contribution in [0.3, 0.4) is 0 Å². The van der Waals surface area contributed by atoms with Crippen molar-refractivity contribution < 1.29 is 9.09 Å². The molecule has 0 amide bonds. The van der Waals surface area contributed by atoms with Crippen molar-refractivity contribution in [3.63, 3.8) is 0 Å². The molecule has 0 saturated carbocycles. The van der Waals surface area contributed by atoms with Crippen LogP contribution in [0.5, 0.6) is 0 Å². The highest BCUT2D eigenvalue weighted by Crippen LogP contribution is 2.48. The fraction of sp³-hybridized carbons (Fsp3) is 1.00. The quantitative estimate of drug-likeness (QED) is 0.616. The van der Waals surface area contributed by atoms with Crippen LogP contribution in [0.1, 0.15) is 6.92 Å². The van der Waals surface area contributed by atoms with E-state index in [-0.39, 0.29) is 0 Å². The molecule has 0 aliphatic carbocycles. The third-order valence-electron chi connectivity index (χ3n) is 2.23. The molecule has 1 fully saturated rings. The summed E-state index contributed by atoms with van der Waals surface area (Å²) in [5, 5.41) is 2.96. The van der Waals surface area contributed by atoms with Gasteiger partial charge in [0.25, 0.3) is 0 Å². The minimum atomic E-state index is -2.88. The summed E-state index contributed by atoms with van der Waals surface area (Å²) in [6.07, 6.45) is 0. The highest BCUT2D eigenvalue weighted by Gasteiger charge is 2.34. The van der Waals surface area contributed by atoms with Gasteiger partial charge in [-0.1, -0.05) is 6.92 Å². The Hall–Kier alpha value is 0.690. The van der Waals surface area contributed by atoms with Crippen molar-refractivity contribution in [3.8, 4) is 0 Å². The molecule has 2 unspecified atom stereocenters. The van der Waals surface area contributed by atoms with Gasteiger partial charge in [-0.05, 0) is 5.92 Å². The summed E-state index contributed by atoms with van der Waals surface area (Å²) in [5.41, 5.74) is 0. The second-order valence-corrected chi connectivity index (χ2v) is 6.55. The van der Waals surface area contributed by atoms with Crippen LogP contribution in [0.15, 0.2) is 0 Å². The van der Waals surface area contributed by atoms with E-state index in [2.05, 4.69) is 5.09 Å². The maximum absolute atomic E-state index is 12.3. The Balaban J connectivity index is 2.60. The van der Waals surface area contributed by atoms with E-state index in [1.165, 1.54) is 0 Å². The minimum absolute atomic E-state index is 0.390. The van der Waals surface area contributed by atoms with Crippen molar-refractivity contribution in [1.29, 1.82) is 0 Å². The molecule has 0 bridgehead atoms. The molecule has 0 aromatic carbocycles. The van der Waals surface area contributed by atoms with Gasteiger partial charge < -0.3 is 4.52 Å². The fourth-order valence-electron chi connectivity index (χ4n) is 1.36. The van der Waals surface area contributed by atoms with Crippen LogP contribution in [0.2, 0.25) is 0 Å². The average Bonchev–Trinajstić information content (AvgIpc) is 2.23. The first-order valence-electron chi connectivity index (χ1n) is 4.99. The Morgan fingerprint density at radius 1 is 1.47 bits per heavy atom. The maximum Gasteiger partial charge on any atom is 0.343 e. The van der Waals surface area contributed by atoms with Gasteiger partial charge in [-0.25, -0.2) is 9.76 Å². The van der Waals surface area contributed by atoms with Crippen LogP contribution in [0.4, 0.5) is 0 Å². The third-order valence-corrected chi connectivity index (χ3v) is 4.80. The topological polar surface area (TPSA) is 41.6 Å². The van der Waals surface area contributed by atoms with Gasteiger partial charge in [0, 0.05) is 31.4 Å². The van der Waals surface area contributed by atoms with Gasteiger partial charge in [0.05, 0.1) is 6.61 Å². The number of hydrogen-bond acceptors (Lipinski definition) is 2. The molecular weight excluding hydrogens is 258 g/mol. The van der Waals surface area contributed by atoms with E-state index in [4.69, 9.17) is 27.7 Å². The summed E-state index contributed by atoms with van der Waals surface area (Å²) in [5.74, 6) is 1.23. The van der Waals surface area contributed by atoms with Crippen LogP contribution >= 0.6 is 30.9 Å². The second kappa shape index (κ2) is 6.43. The summed E-state index contributed by atoms with van der Waals surface area (Å²) in [6.45, 7) is 4.31. The van der Waals surface area contributed by atoms with Gasteiger partial charge in [-0.3, -0.25) is 4.57 Å². The molecule has 90 valence electrons. The molecule has 15 heavy (non-hydrogen) atoms. The number of rotatable bonds is 5. The Labute approximate surface area is 101 Å². The van der Waals surface area contributed by atoms with Gasteiger partial charge in [0.15, 0.2) is 0 Å². The molecule has 4 nitrogen and oxygen atoms in total. The molecular formula is C8H17Cl2N2O2P. The summed E-state index contributed by atoms with van der Waals surface area (Å²) >= 11 is 11.3. The van der Waals surface area contributed by atoms with Crippen LogP contribution in [-0.4, -0.2) is 42.7 Å². The van der Waals surface area contributed by atoms with Crippen molar-refractivity contribution in [1.82, 2.24) is 9.76 Å². The molecule has 1 aliphatic heterocycles. The van der Waals surface area contributed by atoms with Crippen LogP contribution < -0.4 is 5.09 Å². The van der Waals surface area contributed by atoms with E-state index < -0.39 is 7.67 Å². The molecule has 1 heterocycles. The SMILES string of the molecule is CC1CNP(=O)(N(CCCl)CCCl)OC1. The Kier molecular flexibility index (Phi) is 5.90. The molecule has 1 N–H and O–H groups in total. The average molecular weight is 275 g/mol. The highest BCUT2D eigenvalue weighted by atomic mass is 35.5. The fourth-order valence-corrected chi connectivity index (χ4v) is 4.18. The first-order valence-corrected chi connectivity index (χ1v) is 7.64. The molecule has 1 aliphatic rings. The lowest BCUT2D eigenvalue weighted by molar-refractivity contribution is 0.194. The van der Waals surface area contributed by atoms with Gasteiger partial charge in [0.2, 0.25) is 0 Å². The lowest BCUT2D eigenvalue weighted by Crippen LogP contribution is -2.38. The zero-order chi connectivity index (χ0) is 11.3. The molecule has 1 rings (SSSR count). The summed E-state index contributed by atoms with van der Waals surface area (Å²) in [7, 11) is -2.88. The van der Waals surface area contributed by atoms with E-state index in [0.717, 1.165) is 0 Å². The molecule has 0 aromatic rings. The van der Waals surface area contributed by atoms with E-state index >= 15 is 0 Å². The standard InChI is InChI=1S/C8H17Cl2N2O2P/c1-8-6-11-15(13,14-7-8)12(4-2-9)5-3-10/h8H,2-7H2,1H3,(H,11,13). The maximum atomic E-state index is 12.3. The number of nitrogens with one attached hydrogen (secondary N) is 1. The normalized spacial score (nSPS) is 32.1. The molecule has 1 saturated heterocycles. The second-order valence-electron chi connectivity index (χ2n) is 3.62. The Bertz CT molecular complexity index is 225. The Morgan fingerprint density at radius 3 is 2.47 bits per heavy atom. The molecule has 7 heteroatoms. The minimum Gasteiger partial charge on any atom is -0.306 e. The van der Waals surface area contributed by atoms with Crippen molar-refractivity contribution in [3.05, 3.63) is 0 Å². The molecule has 0 aromatic heterocycles. The van der Waals surface area contributed by atoms with Gasteiger partial charge in [-0.2, -0.15) is 0 Å². The van der Waals surface area contributed by atoms with Crippen molar-refractivity contribution in [2.24, 2.45) is 5.92 Å². The zero-order valence-corrected chi connectivity index (χ0v) is 11.2. The van der Waals surface area contributed by atoms with E-state index in [0.29, 0.717) is 43.9 Å². The number of alkyl halides is 2. The largest absolute Gasteiger partial charge is 0.343 e. The van der Waals surface area contributed by atoms with Crippen LogP contribution in [0, 0.1) is 5.92 Å². The highest BCUT2D eigenvalue weighted by molar-refractivity contribution is 7.54. The predicted octanol–water partition coefficient (Wildman–Crippen LogP) is 2.13. The van der Waals surface area contributed by atoms with Crippen molar-refractivity contribution in [2.75, 3.05) is 38.0 Å². The monoisotopic (exact) mass is 274 g/mol. The number of halogens is 2. The van der Waals surface area contributed by atoms with Crippen molar-refractivity contribution in [2.45, 2.75) is 6.92 Å². The lowest BCUT2D eigenvalue weighted by Gasteiger charge is -2.35. The van der Waals surface area contributed by atoms with Crippen LogP contribution in [-0.2, 0) is 9.09 Å². The van der Waals surface area contributed by atoms with E-state index in [1.54, 1.807) is 4.67 Å². The predicted molar refractivity (Wildman–Crippen MR) is 63.7 cm³/mol. The van der Waals surface area contributed by atoms with Crippen LogP contribution in [0.25, 0.3) is 0 Å². The number of hydrogen-bond donors (Lipinski definition) is 1. The number of nitrogens with zero attached hydrogens (tertiary/aromatic N) is 1. The third kappa shape index (κ3) is 3.88.